The Bertz CT molecular complexity index is 787. The van der Waals surface area contributed by atoms with Crippen LogP contribution in [0.15, 0.2) is 42.5 Å². The zero-order valence-electron chi connectivity index (χ0n) is 14.8. The number of hydrogen-bond donors (Lipinski definition) is 1. The lowest BCUT2D eigenvalue weighted by Gasteiger charge is -2.16. The fourth-order valence-electron chi connectivity index (χ4n) is 2.30. The van der Waals surface area contributed by atoms with Gasteiger partial charge in [0.1, 0.15) is 5.75 Å². The number of anilines is 1. The molecule has 1 atom stereocenters. The van der Waals surface area contributed by atoms with Crippen LogP contribution < -0.4 is 10.1 Å². The van der Waals surface area contributed by atoms with Gasteiger partial charge in [-0.1, -0.05) is 32.0 Å². The summed E-state index contributed by atoms with van der Waals surface area (Å²) in [7, 11) is 0. The van der Waals surface area contributed by atoms with Crippen LogP contribution >= 0.6 is 0 Å². The van der Waals surface area contributed by atoms with Gasteiger partial charge < -0.3 is 10.1 Å². The molecule has 2 rings (SSSR count). The highest BCUT2D eigenvalue weighted by atomic mass is 16.6. The number of nitro groups is 1. The van der Waals surface area contributed by atoms with E-state index in [-0.39, 0.29) is 11.6 Å². The SMILES string of the molecule is Cc1ccc([N+](=O)[O-])cc1NC(=O)C(C)Oc1cccc(C(C)C)c1. The van der Waals surface area contributed by atoms with Gasteiger partial charge in [-0.25, -0.2) is 0 Å². The Labute approximate surface area is 147 Å². The van der Waals surface area contributed by atoms with E-state index in [1.807, 2.05) is 18.2 Å². The van der Waals surface area contributed by atoms with E-state index in [2.05, 4.69) is 19.2 Å². The number of rotatable bonds is 6. The monoisotopic (exact) mass is 342 g/mol. The molecule has 0 fully saturated rings. The van der Waals surface area contributed by atoms with Gasteiger partial charge in [-0.3, -0.25) is 14.9 Å². The summed E-state index contributed by atoms with van der Waals surface area (Å²) in [6.07, 6.45) is -0.735. The number of nitro benzene ring substituents is 1. The maximum atomic E-state index is 12.4. The lowest BCUT2D eigenvalue weighted by atomic mass is 10.0. The van der Waals surface area contributed by atoms with Crippen LogP contribution in [0.2, 0.25) is 0 Å². The van der Waals surface area contributed by atoms with E-state index in [9.17, 15) is 14.9 Å². The van der Waals surface area contributed by atoms with E-state index < -0.39 is 11.0 Å². The van der Waals surface area contributed by atoms with E-state index in [0.29, 0.717) is 17.4 Å². The molecule has 132 valence electrons. The van der Waals surface area contributed by atoms with Gasteiger partial charge in [-0.05, 0) is 43.0 Å². The Morgan fingerprint density at radius 3 is 2.52 bits per heavy atom. The molecule has 1 N–H and O–H groups in total. The quantitative estimate of drug-likeness (QED) is 0.622. The van der Waals surface area contributed by atoms with Crippen LogP contribution in [0.5, 0.6) is 5.75 Å². The molecule has 0 aromatic heterocycles. The molecule has 0 aliphatic carbocycles. The second-order valence-corrected chi connectivity index (χ2v) is 6.23. The van der Waals surface area contributed by atoms with Crippen molar-refractivity contribution in [3.8, 4) is 5.75 Å². The van der Waals surface area contributed by atoms with E-state index in [1.54, 1.807) is 26.0 Å². The first-order chi connectivity index (χ1) is 11.8. The summed E-state index contributed by atoms with van der Waals surface area (Å²) in [6.45, 7) is 7.59. The lowest BCUT2D eigenvalue weighted by Crippen LogP contribution is -2.30. The summed E-state index contributed by atoms with van der Waals surface area (Å²) < 4.78 is 5.71. The summed E-state index contributed by atoms with van der Waals surface area (Å²) in [4.78, 5) is 22.7. The molecule has 0 spiro atoms. The van der Waals surface area contributed by atoms with Crippen molar-refractivity contribution < 1.29 is 14.5 Å². The first kappa shape index (κ1) is 18.4. The highest BCUT2D eigenvalue weighted by Gasteiger charge is 2.18. The second kappa shape index (κ2) is 7.79. The van der Waals surface area contributed by atoms with Gasteiger partial charge in [0.15, 0.2) is 6.10 Å². The van der Waals surface area contributed by atoms with Crippen molar-refractivity contribution in [3.05, 3.63) is 63.7 Å². The number of benzene rings is 2. The number of ether oxygens (including phenoxy) is 1. The molecule has 25 heavy (non-hydrogen) atoms. The van der Waals surface area contributed by atoms with Crippen molar-refractivity contribution in [2.45, 2.75) is 39.7 Å². The Kier molecular flexibility index (Phi) is 5.75. The van der Waals surface area contributed by atoms with E-state index in [0.717, 1.165) is 11.1 Å². The molecular weight excluding hydrogens is 320 g/mol. The van der Waals surface area contributed by atoms with Crippen molar-refractivity contribution in [1.82, 2.24) is 0 Å². The summed E-state index contributed by atoms with van der Waals surface area (Å²) >= 11 is 0. The topological polar surface area (TPSA) is 81.5 Å². The minimum absolute atomic E-state index is 0.0703. The predicted octanol–water partition coefficient (Wildman–Crippen LogP) is 4.43. The van der Waals surface area contributed by atoms with Crippen molar-refractivity contribution in [3.63, 3.8) is 0 Å². The second-order valence-electron chi connectivity index (χ2n) is 6.23. The number of aryl methyl sites for hydroxylation is 1. The standard InChI is InChI=1S/C19H22N2O4/c1-12(2)15-6-5-7-17(10-15)25-14(4)19(22)20-18-11-16(21(23)24)9-8-13(18)3/h5-12,14H,1-4H3,(H,20,22). The normalized spacial score (nSPS) is 11.9. The van der Waals surface area contributed by atoms with Gasteiger partial charge in [-0.2, -0.15) is 0 Å². The van der Waals surface area contributed by atoms with Gasteiger partial charge in [0.2, 0.25) is 0 Å². The zero-order valence-corrected chi connectivity index (χ0v) is 14.8. The highest BCUT2D eigenvalue weighted by Crippen LogP contribution is 2.23. The number of nitrogens with zero attached hydrogens (tertiary/aromatic N) is 1. The summed E-state index contributed by atoms with van der Waals surface area (Å²) in [5.41, 5.74) is 2.21. The summed E-state index contributed by atoms with van der Waals surface area (Å²) in [6, 6.07) is 12.0. The van der Waals surface area contributed by atoms with Crippen LogP contribution in [0.1, 0.15) is 37.8 Å². The minimum atomic E-state index is -0.735. The molecule has 0 radical (unpaired) electrons. The minimum Gasteiger partial charge on any atom is -0.481 e. The van der Waals surface area contributed by atoms with Crippen LogP contribution in [0, 0.1) is 17.0 Å². The van der Waals surface area contributed by atoms with E-state index >= 15 is 0 Å². The average molecular weight is 342 g/mol. The molecule has 1 unspecified atom stereocenters. The molecule has 0 saturated heterocycles. The molecule has 2 aromatic carbocycles. The van der Waals surface area contributed by atoms with Gasteiger partial charge in [-0.15, -0.1) is 0 Å². The van der Waals surface area contributed by atoms with Gasteiger partial charge in [0.05, 0.1) is 10.6 Å². The maximum absolute atomic E-state index is 12.4. The fourth-order valence-corrected chi connectivity index (χ4v) is 2.30. The number of hydrogen-bond acceptors (Lipinski definition) is 4. The molecule has 0 saturated carbocycles. The Morgan fingerprint density at radius 1 is 1.16 bits per heavy atom. The highest BCUT2D eigenvalue weighted by molar-refractivity contribution is 5.95. The third kappa shape index (κ3) is 4.79. The Hall–Kier alpha value is -2.89. The summed E-state index contributed by atoms with van der Waals surface area (Å²) in [5.74, 6) is 0.614. The van der Waals surface area contributed by atoms with Gasteiger partial charge in [0.25, 0.3) is 11.6 Å². The van der Waals surface area contributed by atoms with Crippen LogP contribution in [-0.2, 0) is 4.79 Å². The average Bonchev–Trinajstić information content (AvgIpc) is 2.56. The number of carbonyl (C=O) groups is 1. The van der Waals surface area contributed by atoms with Crippen LogP contribution in [-0.4, -0.2) is 16.9 Å². The molecule has 0 aliphatic heterocycles. The van der Waals surface area contributed by atoms with Crippen LogP contribution in [0.4, 0.5) is 11.4 Å². The van der Waals surface area contributed by atoms with Crippen molar-refractivity contribution in [2.24, 2.45) is 0 Å². The van der Waals surface area contributed by atoms with Crippen molar-refractivity contribution in [2.75, 3.05) is 5.32 Å². The molecule has 2 aromatic rings. The van der Waals surface area contributed by atoms with Crippen LogP contribution in [0.3, 0.4) is 0 Å². The fraction of sp³-hybridized carbons (Fsp3) is 0.316. The zero-order chi connectivity index (χ0) is 18.6. The van der Waals surface area contributed by atoms with Gasteiger partial charge in [0, 0.05) is 12.1 Å². The van der Waals surface area contributed by atoms with E-state index in [1.165, 1.54) is 12.1 Å². The molecular formula is C19H22N2O4. The molecule has 0 heterocycles. The first-order valence-electron chi connectivity index (χ1n) is 8.10. The smallest absolute Gasteiger partial charge is 0.271 e. The van der Waals surface area contributed by atoms with Crippen molar-refractivity contribution >= 4 is 17.3 Å². The van der Waals surface area contributed by atoms with E-state index in [4.69, 9.17) is 4.74 Å². The third-order valence-electron chi connectivity index (χ3n) is 3.90. The van der Waals surface area contributed by atoms with Crippen molar-refractivity contribution in [1.29, 1.82) is 0 Å². The van der Waals surface area contributed by atoms with Gasteiger partial charge >= 0.3 is 0 Å². The maximum Gasteiger partial charge on any atom is 0.271 e. The lowest BCUT2D eigenvalue weighted by molar-refractivity contribution is -0.384. The largest absolute Gasteiger partial charge is 0.481 e. The molecule has 1 amide bonds. The Balaban J connectivity index is 2.09. The molecule has 0 aliphatic rings. The molecule has 6 nitrogen and oxygen atoms in total. The summed E-state index contributed by atoms with van der Waals surface area (Å²) in [5, 5.41) is 13.6. The first-order valence-corrected chi connectivity index (χ1v) is 8.10. The molecule has 6 heteroatoms. The number of nitrogens with one attached hydrogen (secondary N) is 1. The number of amides is 1. The number of carbonyl (C=O) groups excluding carboxylic acids is 1. The number of non-ortho nitro benzene ring substituents is 1. The predicted molar refractivity (Wildman–Crippen MR) is 97.1 cm³/mol. The Morgan fingerprint density at radius 2 is 1.88 bits per heavy atom. The molecule has 0 bridgehead atoms. The third-order valence-corrected chi connectivity index (χ3v) is 3.90. The van der Waals surface area contributed by atoms with Crippen LogP contribution in [0.25, 0.3) is 0 Å².